The number of hydrazine groups is 1. The van der Waals surface area contributed by atoms with Gasteiger partial charge in [-0.25, -0.2) is 10.8 Å². The molecule has 1 heterocycles. The second kappa shape index (κ2) is 4.16. The van der Waals surface area contributed by atoms with E-state index in [4.69, 9.17) is 5.84 Å². The summed E-state index contributed by atoms with van der Waals surface area (Å²) in [7, 11) is 1.56. The standard InChI is InChI=1S/C11H12N4O/c1-13-11(16)9-6-7-4-2-3-5-8(7)10(14-9)15-12/h2-6H,12H2,1H3,(H,13,16)(H,14,15). The summed E-state index contributed by atoms with van der Waals surface area (Å²) in [6.07, 6.45) is 0. The van der Waals surface area contributed by atoms with Gasteiger partial charge in [-0.15, -0.1) is 0 Å². The Morgan fingerprint density at radius 2 is 2.12 bits per heavy atom. The summed E-state index contributed by atoms with van der Waals surface area (Å²) in [5, 5.41) is 4.33. The highest BCUT2D eigenvalue weighted by Crippen LogP contribution is 2.21. The van der Waals surface area contributed by atoms with Gasteiger partial charge in [0.05, 0.1) is 0 Å². The Morgan fingerprint density at radius 3 is 2.81 bits per heavy atom. The molecular formula is C11H12N4O. The minimum atomic E-state index is -0.234. The van der Waals surface area contributed by atoms with Crippen LogP contribution >= 0.6 is 0 Å². The number of aromatic nitrogens is 1. The Balaban J connectivity index is 2.68. The summed E-state index contributed by atoms with van der Waals surface area (Å²) in [5.74, 6) is 5.65. The van der Waals surface area contributed by atoms with Crippen molar-refractivity contribution in [3.8, 4) is 0 Å². The van der Waals surface area contributed by atoms with E-state index in [0.29, 0.717) is 11.5 Å². The first-order chi connectivity index (χ1) is 7.76. The summed E-state index contributed by atoms with van der Waals surface area (Å²) in [4.78, 5) is 15.6. The molecule has 4 N–H and O–H groups in total. The average molecular weight is 216 g/mol. The number of nitrogens with one attached hydrogen (secondary N) is 2. The molecule has 0 aliphatic heterocycles. The number of anilines is 1. The van der Waals surface area contributed by atoms with Crippen molar-refractivity contribution in [2.45, 2.75) is 0 Å². The maximum absolute atomic E-state index is 11.5. The molecule has 2 aromatic rings. The molecule has 5 heteroatoms. The number of hydrogen-bond donors (Lipinski definition) is 3. The molecule has 1 amide bonds. The van der Waals surface area contributed by atoms with Gasteiger partial charge in [0.25, 0.3) is 5.91 Å². The summed E-state index contributed by atoms with van der Waals surface area (Å²) >= 11 is 0. The molecule has 0 saturated heterocycles. The van der Waals surface area contributed by atoms with E-state index in [9.17, 15) is 4.79 Å². The minimum Gasteiger partial charge on any atom is -0.354 e. The Kier molecular flexibility index (Phi) is 2.70. The van der Waals surface area contributed by atoms with Crippen LogP contribution in [-0.4, -0.2) is 17.9 Å². The van der Waals surface area contributed by atoms with E-state index in [1.54, 1.807) is 13.1 Å². The monoisotopic (exact) mass is 216 g/mol. The molecule has 0 unspecified atom stereocenters. The number of pyridine rings is 1. The smallest absolute Gasteiger partial charge is 0.269 e. The lowest BCUT2D eigenvalue weighted by atomic mass is 10.1. The highest BCUT2D eigenvalue weighted by molar-refractivity contribution is 6.00. The Morgan fingerprint density at radius 1 is 1.38 bits per heavy atom. The van der Waals surface area contributed by atoms with Gasteiger partial charge in [-0.3, -0.25) is 4.79 Å². The van der Waals surface area contributed by atoms with Crippen LogP contribution in [0.4, 0.5) is 5.82 Å². The van der Waals surface area contributed by atoms with Crippen molar-refractivity contribution in [2.24, 2.45) is 5.84 Å². The first-order valence-electron chi connectivity index (χ1n) is 4.84. The maximum atomic E-state index is 11.5. The normalized spacial score (nSPS) is 10.1. The SMILES string of the molecule is CNC(=O)c1cc2ccccc2c(NN)n1. The second-order valence-corrected chi connectivity index (χ2v) is 3.30. The van der Waals surface area contributed by atoms with Gasteiger partial charge in [0.1, 0.15) is 11.5 Å². The van der Waals surface area contributed by atoms with Crippen LogP contribution in [0.2, 0.25) is 0 Å². The van der Waals surface area contributed by atoms with E-state index in [1.807, 2.05) is 24.3 Å². The third-order valence-electron chi connectivity index (χ3n) is 2.34. The highest BCUT2D eigenvalue weighted by atomic mass is 16.1. The topological polar surface area (TPSA) is 80.0 Å². The number of carbonyl (C=O) groups excluding carboxylic acids is 1. The summed E-state index contributed by atoms with van der Waals surface area (Å²) < 4.78 is 0. The first-order valence-corrected chi connectivity index (χ1v) is 4.84. The third kappa shape index (κ3) is 1.68. The van der Waals surface area contributed by atoms with Gasteiger partial charge in [0, 0.05) is 12.4 Å². The number of fused-ring (bicyclic) bond motifs is 1. The first kappa shape index (κ1) is 10.4. The van der Waals surface area contributed by atoms with Crippen molar-refractivity contribution >= 4 is 22.5 Å². The molecule has 0 atom stereocenters. The van der Waals surface area contributed by atoms with Gasteiger partial charge in [-0.1, -0.05) is 24.3 Å². The summed E-state index contributed by atoms with van der Waals surface area (Å²) in [5.41, 5.74) is 2.84. The summed E-state index contributed by atoms with van der Waals surface area (Å²) in [6, 6.07) is 9.32. The van der Waals surface area contributed by atoms with Crippen LogP contribution in [0.15, 0.2) is 30.3 Å². The second-order valence-electron chi connectivity index (χ2n) is 3.30. The van der Waals surface area contributed by atoms with Crippen LogP contribution < -0.4 is 16.6 Å². The fourth-order valence-corrected chi connectivity index (χ4v) is 1.55. The molecule has 0 spiro atoms. The lowest BCUT2D eigenvalue weighted by Crippen LogP contribution is -2.20. The molecule has 1 aromatic heterocycles. The van der Waals surface area contributed by atoms with E-state index in [-0.39, 0.29) is 5.91 Å². The van der Waals surface area contributed by atoms with Crippen LogP contribution in [-0.2, 0) is 0 Å². The molecule has 0 saturated carbocycles. The number of amides is 1. The van der Waals surface area contributed by atoms with Crippen molar-refractivity contribution < 1.29 is 4.79 Å². The molecule has 0 bridgehead atoms. The van der Waals surface area contributed by atoms with E-state index < -0.39 is 0 Å². The predicted octanol–water partition coefficient (Wildman–Crippen LogP) is 0.880. The van der Waals surface area contributed by atoms with Crippen molar-refractivity contribution in [3.05, 3.63) is 36.0 Å². The Bertz CT molecular complexity index is 538. The molecule has 0 fully saturated rings. The number of rotatable bonds is 2. The zero-order chi connectivity index (χ0) is 11.5. The molecule has 16 heavy (non-hydrogen) atoms. The van der Waals surface area contributed by atoms with Gasteiger partial charge in [-0.2, -0.15) is 0 Å². The van der Waals surface area contributed by atoms with Crippen LogP contribution in [0.3, 0.4) is 0 Å². The maximum Gasteiger partial charge on any atom is 0.269 e. The van der Waals surface area contributed by atoms with E-state index >= 15 is 0 Å². The quantitative estimate of drug-likeness (QED) is 0.514. The zero-order valence-electron chi connectivity index (χ0n) is 8.82. The fourth-order valence-electron chi connectivity index (χ4n) is 1.55. The fraction of sp³-hybridized carbons (Fsp3) is 0.0909. The number of nitrogens with zero attached hydrogens (tertiary/aromatic N) is 1. The molecule has 2 rings (SSSR count). The number of benzene rings is 1. The van der Waals surface area contributed by atoms with Gasteiger partial charge in [0.15, 0.2) is 0 Å². The molecule has 5 nitrogen and oxygen atoms in total. The molecule has 0 radical (unpaired) electrons. The number of nitrogen functional groups attached to an aromatic ring is 1. The highest BCUT2D eigenvalue weighted by Gasteiger charge is 2.09. The van der Waals surface area contributed by atoms with E-state index in [0.717, 1.165) is 10.8 Å². The lowest BCUT2D eigenvalue weighted by Gasteiger charge is -2.07. The predicted molar refractivity (Wildman–Crippen MR) is 62.9 cm³/mol. The number of hydrogen-bond acceptors (Lipinski definition) is 4. The summed E-state index contributed by atoms with van der Waals surface area (Å²) in [6.45, 7) is 0. The van der Waals surface area contributed by atoms with Crippen LogP contribution in [0.1, 0.15) is 10.5 Å². The lowest BCUT2D eigenvalue weighted by molar-refractivity contribution is 0.0958. The van der Waals surface area contributed by atoms with E-state index in [1.165, 1.54) is 0 Å². The zero-order valence-corrected chi connectivity index (χ0v) is 8.82. The van der Waals surface area contributed by atoms with Gasteiger partial charge in [-0.05, 0) is 11.5 Å². The molecule has 0 aliphatic rings. The van der Waals surface area contributed by atoms with Crippen LogP contribution in [0, 0.1) is 0 Å². The minimum absolute atomic E-state index is 0.234. The largest absolute Gasteiger partial charge is 0.354 e. The average Bonchev–Trinajstić information content (AvgIpc) is 2.36. The van der Waals surface area contributed by atoms with Gasteiger partial charge in [0.2, 0.25) is 0 Å². The number of nitrogens with two attached hydrogens (primary N) is 1. The van der Waals surface area contributed by atoms with Crippen molar-refractivity contribution in [1.82, 2.24) is 10.3 Å². The van der Waals surface area contributed by atoms with Gasteiger partial charge >= 0.3 is 0 Å². The third-order valence-corrected chi connectivity index (χ3v) is 2.34. The van der Waals surface area contributed by atoms with Gasteiger partial charge < -0.3 is 10.7 Å². The van der Waals surface area contributed by atoms with Crippen molar-refractivity contribution in [3.63, 3.8) is 0 Å². The van der Waals surface area contributed by atoms with Crippen molar-refractivity contribution in [2.75, 3.05) is 12.5 Å². The molecule has 0 aliphatic carbocycles. The number of carbonyl (C=O) groups is 1. The Hall–Kier alpha value is -2.14. The van der Waals surface area contributed by atoms with Crippen LogP contribution in [0.25, 0.3) is 10.8 Å². The Labute approximate surface area is 92.6 Å². The van der Waals surface area contributed by atoms with E-state index in [2.05, 4.69) is 15.7 Å². The van der Waals surface area contributed by atoms with Crippen molar-refractivity contribution in [1.29, 1.82) is 0 Å². The molecule has 82 valence electrons. The molecular weight excluding hydrogens is 204 g/mol. The molecule has 1 aromatic carbocycles. The van der Waals surface area contributed by atoms with Crippen LogP contribution in [0.5, 0.6) is 0 Å².